The average Bonchev–Trinajstić information content (AvgIpc) is 3.07. The van der Waals surface area contributed by atoms with Crippen LogP contribution in [0.5, 0.6) is 0 Å². The lowest BCUT2D eigenvalue weighted by molar-refractivity contribution is -0.131. The second-order valence-electron chi connectivity index (χ2n) is 6.99. The van der Waals surface area contributed by atoms with E-state index < -0.39 is 17.0 Å². The van der Waals surface area contributed by atoms with Crippen LogP contribution in [0.4, 0.5) is 8.78 Å². The Labute approximate surface area is 146 Å². The van der Waals surface area contributed by atoms with Crippen LogP contribution in [-0.2, 0) is 19.7 Å². The number of hydrogen-bond acceptors (Lipinski definition) is 3. The highest BCUT2D eigenvalue weighted by atomic mass is 19.1. The van der Waals surface area contributed by atoms with Gasteiger partial charge in [-0.2, -0.15) is 0 Å². The molecule has 1 aromatic carbocycles. The number of carbonyl (C=O) groups is 1. The minimum absolute atomic E-state index is 0.161. The lowest BCUT2D eigenvalue weighted by atomic mass is 9.73. The molecule has 1 N–H and O–H groups in total. The van der Waals surface area contributed by atoms with Crippen molar-refractivity contribution in [3.63, 3.8) is 0 Å². The first kappa shape index (κ1) is 18.3. The summed E-state index contributed by atoms with van der Waals surface area (Å²) in [6.07, 6.45) is 4.04. The summed E-state index contributed by atoms with van der Waals surface area (Å²) in [6.45, 7) is 1.28. The molecule has 1 amide bonds. The van der Waals surface area contributed by atoms with Gasteiger partial charge in [0.1, 0.15) is 11.6 Å². The molecule has 25 heavy (non-hydrogen) atoms. The van der Waals surface area contributed by atoms with E-state index in [1.54, 1.807) is 7.11 Å². The minimum atomic E-state index is -1.00. The number of hydrogen-bond donors (Lipinski definition) is 1. The second kappa shape index (κ2) is 7.79. The predicted molar refractivity (Wildman–Crippen MR) is 89.2 cm³/mol. The van der Waals surface area contributed by atoms with Crippen LogP contribution in [0.3, 0.4) is 0 Å². The molecule has 0 aromatic heterocycles. The zero-order chi connectivity index (χ0) is 17.9. The van der Waals surface area contributed by atoms with Crippen LogP contribution in [0.25, 0.3) is 0 Å². The monoisotopic (exact) mass is 353 g/mol. The number of rotatable bonds is 5. The van der Waals surface area contributed by atoms with E-state index in [1.165, 1.54) is 12.1 Å². The molecule has 2 fully saturated rings. The average molecular weight is 353 g/mol. The van der Waals surface area contributed by atoms with Gasteiger partial charge in [-0.1, -0.05) is 12.5 Å². The summed E-state index contributed by atoms with van der Waals surface area (Å²) < 4.78 is 38.6. The number of methoxy groups -OCH3 is 1. The van der Waals surface area contributed by atoms with Gasteiger partial charge >= 0.3 is 0 Å². The van der Waals surface area contributed by atoms with Crippen molar-refractivity contribution in [2.45, 2.75) is 43.6 Å². The Morgan fingerprint density at radius 1 is 1.32 bits per heavy atom. The molecule has 138 valence electrons. The van der Waals surface area contributed by atoms with Gasteiger partial charge in [0, 0.05) is 44.4 Å². The fourth-order valence-corrected chi connectivity index (χ4v) is 4.16. The van der Waals surface area contributed by atoms with Gasteiger partial charge in [0.15, 0.2) is 0 Å². The topological polar surface area (TPSA) is 47.6 Å². The largest absolute Gasteiger partial charge is 0.381 e. The summed E-state index contributed by atoms with van der Waals surface area (Å²) in [5.41, 5.74) is -0.749. The van der Waals surface area contributed by atoms with Crippen molar-refractivity contribution in [2.75, 3.05) is 26.9 Å². The smallest absolute Gasteiger partial charge is 0.230 e. The highest BCUT2D eigenvalue weighted by Crippen LogP contribution is 2.37. The van der Waals surface area contributed by atoms with Gasteiger partial charge < -0.3 is 14.8 Å². The van der Waals surface area contributed by atoms with E-state index in [0.29, 0.717) is 32.6 Å². The van der Waals surface area contributed by atoms with E-state index in [0.717, 1.165) is 25.3 Å². The zero-order valence-electron chi connectivity index (χ0n) is 14.5. The van der Waals surface area contributed by atoms with Crippen molar-refractivity contribution in [3.8, 4) is 0 Å². The normalized spacial score (nSPS) is 25.7. The van der Waals surface area contributed by atoms with Crippen molar-refractivity contribution in [3.05, 3.63) is 35.4 Å². The lowest BCUT2D eigenvalue weighted by Crippen LogP contribution is -2.50. The molecular formula is C19H25F2NO3. The summed E-state index contributed by atoms with van der Waals surface area (Å²) >= 11 is 0. The van der Waals surface area contributed by atoms with Crippen molar-refractivity contribution >= 4 is 5.91 Å². The molecule has 0 radical (unpaired) electrons. The van der Waals surface area contributed by atoms with Crippen molar-refractivity contribution < 1.29 is 23.0 Å². The summed E-state index contributed by atoms with van der Waals surface area (Å²) in [5.74, 6) is -1.24. The van der Waals surface area contributed by atoms with Crippen LogP contribution in [0.15, 0.2) is 18.2 Å². The molecule has 2 atom stereocenters. The maximum absolute atomic E-state index is 14.4. The third-order valence-electron chi connectivity index (χ3n) is 5.64. The second-order valence-corrected chi connectivity index (χ2v) is 6.99. The quantitative estimate of drug-likeness (QED) is 0.885. The Balaban J connectivity index is 1.79. The number of ether oxygens (including phenoxy) is 2. The van der Waals surface area contributed by atoms with Gasteiger partial charge in [0.25, 0.3) is 0 Å². The molecule has 1 heterocycles. The van der Waals surface area contributed by atoms with E-state index in [-0.39, 0.29) is 23.5 Å². The molecular weight excluding hydrogens is 328 g/mol. The standard InChI is InChI=1S/C19H25F2NO3/c1-24-17-4-2-3-13(17)12-22-18(23)19(7-9-25-10-8-19)15-6-5-14(20)11-16(15)21/h5-6,11,13,17H,2-4,7-10,12H2,1H3,(H,22,23)/t13-,17+/m0/s1. The Morgan fingerprint density at radius 2 is 2.08 bits per heavy atom. The summed E-state index contributed by atoms with van der Waals surface area (Å²) in [4.78, 5) is 13.0. The number of carbonyl (C=O) groups excluding carboxylic acids is 1. The van der Waals surface area contributed by atoms with Gasteiger partial charge in [0.05, 0.1) is 11.5 Å². The van der Waals surface area contributed by atoms with Crippen LogP contribution in [0.1, 0.15) is 37.7 Å². The van der Waals surface area contributed by atoms with Crippen LogP contribution in [0, 0.1) is 17.6 Å². The number of amides is 1. The van der Waals surface area contributed by atoms with Gasteiger partial charge in [-0.25, -0.2) is 8.78 Å². The molecule has 1 aliphatic carbocycles. The summed E-state index contributed by atoms with van der Waals surface area (Å²) in [7, 11) is 1.69. The predicted octanol–water partition coefficient (Wildman–Crippen LogP) is 2.94. The van der Waals surface area contributed by atoms with E-state index in [1.807, 2.05) is 0 Å². The summed E-state index contributed by atoms with van der Waals surface area (Å²) in [6, 6.07) is 3.45. The van der Waals surface area contributed by atoms with Gasteiger partial charge in [0.2, 0.25) is 5.91 Å². The van der Waals surface area contributed by atoms with E-state index >= 15 is 0 Å². The van der Waals surface area contributed by atoms with Crippen LogP contribution in [-0.4, -0.2) is 38.9 Å². The van der Waals surface area contributed by atoms with Crippen LogP contribution >= 0.6 is 0 Å². The lowest BCUT2D eigenvalue weighted by Gasteiger charge is -2.37. The first-order chi connectivity index (χ1) is 12.1. The SMILES string of the molecule is CO[C@@H]1CCC[C@H]1CNC(=O)C1(c2ccc(F)cc2F)CCOCC1. The summed E-state index contributed by atoms with van der Waals surface area (Å²) in [5, 5.41) is 3.00. The molecule has 1 aliphatic heterocycles. The van der Waals surface area contributed by atoms with E-state index in [2.05, 4.69) is 5.32 Å². The highest BCUT2D eigenvalue weighted by Gasteiger charge is 2.44. The van der Waals surface area contributed by atoms with Gasteiger partial charge in [-0.15, -0.1) is 0 Å². The Morgan fingerprint density at radius 3 is 2.76 bits per heavy atom. The molecule has 6 heteroatoms. The number of benzene rings is 1. The molecule has 0 unspecified atom stereocenters. The Bertz CT molecular complexity index is 617. The Hall–Kier alpha value is -1.53. The van der Waals surface area contributed by atoms with E-state index in [9.17, 15) is 13.6 Å². The first-order valence-electron chi connectivity index (χ1n) is 8.91. The minimum Gasteiger partial charge on any atom is -0.381 e. The molecule has 0 bridgehead atoms. The molecule has 1 saturated heterocycles. The van der Waals surface area contributed by atoms with Crippen molar-refractivity contribution in [1.29, 1.82) is 0 Å². The fraction of sp³-hybridized carbons (Fsp3) is 0.632. The fourth-order valence-electron chi connectivity index (χ4n) is 4.16. The van der Waals surface area contributed by atoms with Crippen molar-refractivity contribution in [2.24, 2.45) is 5.92 Å². The maximum Gasteiger partial charge on any atom is 0.230 e. The highest BCUT2D eigenvalue weighted by molar-refractivity contribution is 5.88. The number of nitrogens with one attached hydrogen (secondary N) is 1. The third kappa shape index (κ3) is 3.70. The van der Waals surface area contributed by atoms with Gasteiger partial charge in [-0.05, 0) is 31.7 Å². The maximum atomic E-state index is 14.4. The Kier molecular flexibility index (Phi) is 5.69. The van der Waals surface area contributed by atoms with Crippen LogP contribution < -0.4 is 5.32 Å². The van der Waals surface area contributed by atoms with Gasteiger partial charge in [-0.3, -0.25) is 4.79 Å². The third-order valence-corrected chi connectivity index (χ3v) is 5.64. The molecule has 1 aromatic rings. The zero-order valence-corrected chi connectivity index (χ0v) is 14.5. The number of halogens is 2. The molecule has 2 aliphatic rings. The molecule has 3 rings (SSSR count). The molecule has 0 spiro atoms. The van der Waals surface area contributed by atoms with Crippen LogP contribution in [0.2, 0.25) is 0 Å². The molecule has 4 nitrogen and oxygen atoms in total. The van der Waals surface area contributed by atoms with Crippen molar-refractivity contribution in [1.82, 2.24) is 5.32 Å². The first-order valence-corrected chi connectivity index (χ1v) is 8.91. The molecule has 1 saturated carbocycles. The van der Waals surface area contributed by atoms with E-state index in [4.69, 9.17) is 9.47 Å².